The van der Waals surface area contributed by atoms with Crippen molar-refractivity contribution in [1.29, 1.82) is 0 Å². The number of cyclic esters (lactones) is 1. The van der Waals surface area contributed by atoms with Crippen molar-refractivity contribution in [2.45, 2.75) is 146 Å². The molecule has 5 aliphatic rings. The van der Waals surface area contributed by atoms with Crippen molar-refractivity contribution in [1.82, 2.24) is 57.0 Å². The van der Waals surface area contributed by atoms with Crippen LogP contribution in [0.5, 0.6) is 0 Å². The number of nitrogens with one attached hydrogen (secondary N) is 8. The van der Waals surface area contributed by atoms with Crippen LogP contribution in [-0.4, -0.2) is 183 Å². The molecular formula is C64H75FN12O19. The number of aromatic nitrogens is 2. The van der Waals surface area contributed by atoms with Crippen LogP contribution in [0.25, 0.3) is 22.3 Å². The molecule has 0 saturated carbocycles. The zero-order valence-corrected chi connectivity index (χ0v) is 52.6. The van der Waals surface area contributed by atoms with E-state index in [4.69, 9.17) is 24.9 Å². The molecule has 13 N–H and O–H groups in total. The molecule has 0 unspecified atom stereocenters. The number of hydrogen-bond acceptors (Lipinski definition) is 20. The Kier molecular flexibility index (Phi) is 22.8. The standard InChI is InChI=1S/C64H75FN12O19/c1-3-64(93)37-21-43-57-35(28-77(43)62(91)36(37)29-95-63(64)92)56-39(14-13-34-32(2)38(65)22-41(75-57)55(34)56)72-52(84)30-94-31-71-50(82)26-70-61(90)42(20-33-10-6-4-7-11-33)74-51(83)27-68-49(81)25-69-60(89)40(73-48(80)12-8-5-9-19-76-53(85)17-18-54(76)86)15-16-47(79)67-24-45-59(88)58(87)44(96-45)23-46(66)78/h4,6-7,10-11,17-18,21-22,39-40,42,44-45,58-59,87-88,93H,3,5,8-9,12-16,19-20,23-31H2,1-2H3,(H2,66,78)(H,67,79)(H,68,81)(H,69,89)(H,70,90)(H,71,82)(H,72,84)(H,73,80)(H,74,83)/t39-,40-,42-,44-,45+,58-,59+,64-/m0/s1. The second-order valence-electron chi connectivity index (χ2n) is 23.9. The van der Waals surface area contributed by atoms with Gasteiger partial charge >= 0.3 is 5.97 Å². The van der Waals surface area contributed by atoms with Gasteiger partial charge < -0.3 is 82.4 Å². The van der Waals surface area contributed by atoms with Gasteiger partial charge in [0, 0.05) is 67.1 Å². The Balaban J connectivity index is 0.738. The number of pyridine rings is 2. The molecule has 0 bridgehead atoms. The average molecular weight is 1340 g/mol. The van der Waals surface area contributed by atoms with Gasteiger partial charge in [-0.1, -0.05) is 43.7 Å². The van der Waals surface area contributed by atoms with Crippen LogP contribution in [0, 0.1) is 12.7 Å². The fourth-order valence-electron chi connectivity index (χ4n) is 12.3. The van der Waals surface area contributed by atoms with Crippen LogP contribution in [0.2, 0.25) is 0 Å². The summed E-state index contributed by atoms with van der Waals surface area (Å²) in [6.07, 6.45) is -2.32. The van der Waals surface area contributed by atoms with E-state index in [1.165, 1.54) is 10.6 Å². The van der Waals surface area contributed by atoms with Crippen molar-refractivity contribution in [2.75, 3.05) is 46.1 Å². The number of esters is 1. The topological polar surface area (TPSA) is 454 Å². The zero-order chi connectivity index (χ0) is 69.1. The first kappa shape index (κ1) is 70.4. The summed E-state index contributed by atoms with van der Waals surface area (Å²) in [5.41, 5.74) is 6.65. The van der Waals surface area contributed by atoms with E-state index >= 15 is 4.39 Å². The average Bonchev–Trinajstić information content (AvgIpc) is 1.47. The minimum Gasteiger partial charge on any atom is -0.458 e. The highest BCUT2D eigenvalue weighted by atomic mass is 19.1. The molecule has 9 rings (SSSR count). The number of hydrogen-bond donors (Lipinski definition) is 12. The summed E-state index contributed by atoms with van der Waals surface area (Å²) in [6.45, 7) is -0.298. The number of carbonyl (C=O) groups excluding carboxylic acids is 12. The maximum Gasteiger partial charge on any atom is 0.343 e. The minimum absolute atomic E-state index is 0.0185. The van der Waals surface area contributed by atoms with Crippen LogP contribution in [-0.2, 0) is 103 Å². The highest BCUT2D eigenvalue weighted by molar-refractivity contribution is 6.13. The Bertz CT molecular complexity index is 3850. The Labute approximate surface area is 547 Å². The van der Waals surface area contributed by atoms with Gasteiger partial charge in [0.25, 0.3) is 17.4 Å². The van der Waals surface area contributed by atoms with E-state index in [9.17, 15) is 77.6 Å². The van der Waals surface area contributed by atoms with Gasteiger partial charge in [-0.3, -0.25) is 62.4 Å². The number of aliphatic hydroxyl groups excluding tert-OH is 2. The number of primary amides is 1. The summed E-state index contributed by atoms with van der Waals surface area (Å²) in [5, 5.41) is 52.8. The summed E-state index contributed by atoms with van der Waals surface area (Å²) in [6, 6.07) is 8.00. The molecule has 31 nitrogen and oxygen atoms in total. The number of nitrogens with two attached hydrogens (primary N) is 1. The Hall–Kier alpha value is -9.89. The van der Waals surface area contributed by atoms with Crippen molar-refractivity contribution >= 4 is 81.9 Å². The van der Waals surface area contributed by atoms with Gasteiger partial charge in [0.1, 0.15) is 56.2 Å². The van der Waals surface area contributed by atoms with Gasteiger partial charge in [-0.25, -0.2) is 14.2 Å². The van der Waals surface area contributed by atoms with E-state index in [1.54, 1.807) is 50.2 Å². The van der Waals surface area contributed by atoms with Crippen molar-refractivity contribution in [3.63, 3.8) is 0 Å². The van der Waals surface area contributed by atoms with Gasteiger partial charge in [0.05, 0.1) is 67.2 Å². The molecule has 4 aromatic rings. The molecule has 2 aromatic heterocycles. The number of amides is 11. The first-order chi connectivity index (χ1) is 45.8. The minimum atomic E-state index is -2.08. The number of unbranched alkanes of at least 4 members (excludes halogenated alkanes) is 2. The van der Waals surface area contributed by atoms with Crippen LogP contribution in [0.1, 0.15) is 110 Å². The molecule has 1 saturated heterocycles. The van der Waals surface area contributed by atoms with Gasteiger partial charge in [-0.05, 0) is 73.8 Å². The summed E-state index contributed by atoms with van der Waals surface area (Å²) in [7, 11) is 0. The lowest BCUT2D eigenvalue weighted by atomic mass is 9.81. The number of fused-ring (bicyclic) bond motifs is 5. The predicted octanol–water partition coefficient (Wildman–Crippen LogP) is -2.97. The lowest BCUT2D eigenvalue weighted by Crippen LogP contribution is -2.53. The maximum absolute atomic E-state index is 15.5. The van der Waals surface area contributed by atoms with E-state index in [0.717, 1.165) is 17.1 Å². The van der Waals surface area contributed by atoms with Crippen molar-refractivity contribution in [3.8, 4) is 11.4 Å². The summed E-state index contributed by atoms with van der Waals surface area (Å²) >= 11 is 0. The molecule has 6 heterocycles. The Morgan fingerprint density at radius 1 is 0.781 bits per heavy atom. The van der Waals surface area contributed by atoms with E-state index in [1.807, 2.05) is 0 Å². The van der Waals surface area contributed by atoms with Crippen molar-refractivity contribution in [3.05, 3.63) is 110 Å². The number of rotatable bonds is 31. The molecule has 2 aromatic carbocycles. The molecule has 96 heavy (non-hydrogen) atoms. The number of carbonyl (C=O) groups is 12. The van der Waals surface area contributed by atoms with Crippen molar-refractivity contribution < 1.29 is 91.5 Å². The highest BCUT2D eigenvalue weighted by Crippen LogP contribution is 2.46. The number of ether oxygens (including phenoxy) is 3. The van der Waals surface area contributed by atoms with Gasteiger partial charge in [0.2, 0.25) is 53.2 Å². The Morgan fingerprint density at radius 2 is 1.46 bits per heavy atom. The quantitative estimate of drug-likeness (QED) is 0.00912. The molecule has 512 valence electrons. The molecule has 8 atom stereocenters. The smallest absolute Gasteiger partial charge is 0.343 e. The molecule has 4 aliphatic heterocycles. The maximum atomic E-state index is 15.5. The first-order valence-corrected chi connectivity index (χ1v) is 31.4. The third-order valence-electron chi connectivity index (χ3n) is 17.4. The van der Waals surface area contributed by atoms with Crippen LogP contribution in [0.15, 0.2) is 59.4 Å². The summed E-state index contributed by atoms with van der Waals surface area (Å²) in [4.78, 5) is 174. The molecule has 1 fully saturated rings. The Morgan fingerprint density at radius 3 is 2.17 bits per heavy atom. The van der Waals surface area contributed by atoms with Crippen molar-refractivity contribution in [2.24, 2.45) is 5.73 Å². The fourth-order valence-corrected chi connectivity index (χ4v) is 12.3. The van der Waals surface area contributed by atoms with Crippen LogP contribution in [0.3, 0.4) is 0 Å². The second-order valence-corrected chi connectivity index (χ2v) is 23.9. The van der Waals surface area contributed by atoms with Gasteiger partial charge in [0.15, 0.2) is 5.60 Å². The molecule has 0 spiro atoms. The summed E-state index contributed by atoms with van der Waals surface area (Å²) < 4.78 is 33.1. The van der Waals surface area contributed by atoms with E-state index in [2.05, 4.69) is 42.5 Å². The number of imide groups is 1. The lowest BCUT2D eigenvalue weighted by Gasteiger charge is -2.31. The predicted molar refractivity (Wildman–Crippen MR) is 331 cm³/mol. The molecule has 1 aliphatic carbocycles. The second kappa shape index (κ2) is 31.1. The zero-order valence-electron chi connectivity index (χ0n) is 52.6. The van der Waals surface area contributed by atoms with E-state index in [-0.39, 0.29) is 81.4 Å². The van der Waals surface area contributed by atoms with Crippen LogP contribution in [0.4, 0.5) is 4.39 Å². The number of aryl methyl sites for hydroxylation is 1. The van der Waals surface area contributed by atoms with Crippen LogP contribution < -0.4 is 53.8 Å². The molecule has 32 heteroatoms. The molecule has 11 amide bonds. The van der Waals surface area contributed by atoms with E-state index < -0.39 is 163 Å². The number of halogens is 1. The normalized spacial score (nSPS) is 20.2. The third-order valence-corrected chi connectivity index (χ3v) is 17.4. The monoisotopic (exact) mass is 1330 g/mol. The number of aliphatic hydroxyl groups is 3. The molecular weight excluding hydrogens is 1260 g/mol. The molecule has 0 radical (unpaired) electrons. The highest BCUT2D eigenvalue weighted by Gasteiger charge is 2.47. The lowest BCUT2D eigenvalue weighted by molar-refractivity contribution is -0.172. The largest absolute Gasteiger partial charge is 0.458 e. The fraction of sp³-hybridized carbons (Fsp3) is 0.469. The van der Waals surface area contributed by atoms with Gasteiger partial charge in [-0.2, -0.15) is 0 Å². The van der Waals surface area contributed by atoms with Crippen LogP contribution >= 0.6 is 0 Å². The number of benzene rings is 2. The third kappa shape index (κ3) is 16.4. The summed E-state index contributed by atoms with van der Waals surface area (Å²) in [5.74, 6) is -9.07. The van der Waals surface area contributed by atoms with E-state index in [0.29, 0.717) is 76.7 Å². The SMILES string of the molecule is CC[C@@]1(O)C(=O)OCc2c1cc1n(c2=O)Cc2c-1nc1cc(F)c(C)c3c1c2[C@@H](NC(=O)COCNC(=O)CNC(=O)[C@H](Cc1ccccc1)NC(=O)CNC(=O)CNC(=O)[C@H](CCC(=O)NC[C@H]1O[C@@H](CC(N)=O)[C@H](O)[C@@H]1O)NC(=O)CCCCCN1C(=O)C=CC1=O)CC3. The number of nitrogens with zero attached hydrogens (tertiary/aromatic N) is 3. The first-order valence-electron chi connectivity index (χ1n) is 31.4. The van der Waals surface area contributed by atoms with Gasteiger partial charge in [-0.15, -0.1) is 0 Å².